The molecule has 0 aromatic heterocycles. The molecule has 0 aliphatic heterocycles. The Labute approximate surface area is 67.1 Å². The fraction of sp³-hybridized carbons (Fsp3) is 0.714. The first-order valence-corrected chi connectivity index (χ1v) is 3.26. The van der Waals surface area contributed by atoms with E-state index in [1.54, 1.807) is 0 Å². The minimum absolute atomic E-state index is 0.376. The predicted octanol–water partition coefficient (Wildman–Crippen LogP) is 2.84. The van der Waals surface area contributed by atoms with Crippen molar-refractivity contribution in [2.75, 3.05) is 0 Å². The van der Waals surface area contributed by atoms with Crippen molar-refractivity contribution in [2.45, 2.75) is 31.4 Å². The summed E-state index contributed by atoms with van der Waals surface area (Å²) in [5.74, 6) is -4.30. The maximum atomic E-state index is 12.4. The van der Waals surface area contributed by atoms with Crippen molar-refractivity contribution in [2.24, 2.45) is 0 Å². The molecule has 0 saturated carbocycles. The van der Waals surface area contributed by atoms with Gasteiger partial charge in [0.15, 0.2) is 12.3 Å². The number of hydrogen-bond donors (Lipinski definition) is 0. The summed E-state index contributed by atoms with van der Waals surface area (Å²) in [5.41, 5.74) is 0. The van der Waals surface area contributed by atoms with E-state index in [-0.39, 0.29) is 0 Å². The van der Waals surface area contributed by atoms with E-state index in [0.29, 0.717) is 13.0 Å². The van der Waals surface area contributed by atoms with Crippen molar-refractivity contribution in [3.63, 3.8) is 0 Å². The van der Waals surface area contributed by atoms with Crippen molar-refractivity contribution < 1.29 is 22.0 Å². The van der Waals surface area contributed by atoms with E-state index in [9.17, 15) is 22.0 Å². The summed E-state index contributed by atoms with van der Waals surface area (Å²) in [7, 11) is 0. The second-order valence-corrected chi connectivity index (χ2v) is 2.37. The van der Waals surface area contributed by atoms with E-state index < -0.39 is 24.4 Å². The summed E-state index contributed by atoms with van der Waals surface area (Å²) in [6, 6.07) is 0. The summed E-state index contributed by atoms with van der Waals surface area (Å²) in [6.45, 7) is 3.26. The van der Waals surface area contributed by atoms with E-state index in [0.717, 1.165) is 0 Å². The normalized spacial score (nSPS) is 19.8. The second kappa shape index (κ2) is 3.87. The minimum Gasteiger partial charge on any atom is -0.241 e. The van der Waals surface area contributed by atoms with Crippen LogP contribution in [0, 0.1) is 0 Å². The van der Waals surface area contributed by atoms with Crippen molar-refractivity contribution in [3.8, 4) is 0 Å². The molecule has 0 spiro atoms. The van der Waals surface area contributed by atoms with Crippen LogP contribution in [-0.2, 0) is 0 Å². The molecule has 0 radical (unpaired) electrons. The van der Waals surface area contributed by atoms with E-state index in [1.807, 2.05) is 0 Å². The Balaban J connectivity index is 4.44. The van der Waals surface area contributed by atoms with E-state index >= 15 is 0 Å². The molecule has 0 aromatic carbocycles. The Kier molecular flexibility index (Phi) is 3.67. The minimum atomic E-state index is -4.30. The molecule has 3 atom stereocenters. The van der Waals surface area contributed by atoms with Gasteiger partial charge in [0.1, 0.15) is 0 Å². The SMILES string of the molecule is C=CC(F)C(F)C(F)(F)C(C)F. The average Bonchev–Trinajstić information content (AvgIpc) is 2.01. The van der Waals surface area contributed by atoms with Gasteiger partial charge in [-0.25, -0.2) is 22.0 Å². The van der Waals surface area contributed by atoms with Crippen LogP contribution in [0.25, 0.3) is 0 Å². The van der Waals surface area contributed by atoms with Crippen LogP contribution < -0.4 is 0 Å². The molecule has 0 bridgehead atoms. The van der Waals surface area contributed by atoms with Gasteiger partial charge in [-0.05, 0) is 6.92 Å². The lowest BCUT2D eigenvalue weighted by molar-refractivity contribution is -0.135. The molecule has 0 saturated heterocycles. The fourth-order valence-corrected chi connectivity index (χ4v) is 0.551. The van der Waals surface area contributed by atoms with Gasteiger partial charge in [0, 0.05) is 0 Å². The third kappa shape index (κ3) is 2.19. The van der Waals surface area contributed by atoms with Gasteiger partial charge < -0.3 is 0 Å². The largest absolute Gasteiger partial charge is 0.312 e. The molecule has 0 heterocycles. The highest BCUT2D eigenvalue weighted by atomic mass is 19.3. The maximum absolute atomic E-state index is 12.4. The van der Waals surface area contributed by atoms with Crippen LogP contribution in [0.2, 0.25) is 0 Å². The van der Waals surface area contributed by atoms with Crippen LogP contribution in [0.15, 0.2) is 12.7 Å². The van der Waals surface area contributed by atoms with E-state index in [1.165, 1.54) is 0 Å². The first-order valence-electron chi connectivity index (χ1n) is 3.26. The van der Waals surface area contributed by atoms with Crippen LogP contribution in [0.3, 0.4) is 0 Å². The smallest absolute Gasteiger partial charge is 0.241 e. The van der Waals surface area contributed by atoms with Gasteiger partial charge in [-0.2, -0.15) is 0 Å². The molecule has 0 rings (SSSR count). The lowest BCUT2D eigenvalue weighted by atomic mass is 10.1. The quantitative estimate of drug-likeness (QED) is 0.470. The van der Waals surface area contributed by atoms with E-state index in [4.69, 9.17) is 0 Å². The van der Waals surface area contributed by atoms with Gasteiger partial charge in [0.05, 0.1) is 0 Å². The monoisotopic (exact) mass is 188 g/mol. The Morgan fingerprint density at radius 2 is 1.67 bits per heavy atom. The summed E-state index contributed by atoms with van der Waals surface area (Å²) >= 11 is 0. The molecule has 0 fully saturated rings. The zero-order chi connectivity index (χ0) is 9.94. The zero-order valence-corrected chi connectivity index (χ0v) is 6.41. The molecule has 3 unspecified atom stereocenters. The highest BCUT2D eigenvalue weighted by molar-refractivity contribution is 4.95. The Morgan fingerprint density at radius 1 is 1.25 bits per heavy atom. The molecule has 0 N–H and O–H groups in total. The average molecular weight is 188 g/mol. The number of hydrogen-bond acceptors (Lipinski definition) is 0. The first kappa shape index (κ1) is 11.4. The van der Waals surface area contributed by atoms with Gasteiger partial charge in [-0.1, -0.05) is 6.08 Å². The molecular formula is C7H9F5. The van der Waals surface area contributed by atoms with Crippen molar-refractivity contribution in [1.82, 2.24) is 0 Å². The van der Waals surface area contributed by atoms with Gasteiger partial charge in [-0.3, -0.25) is 0 Å². The zero-order valence-electron chi connectivity index (χ0n) is 6.41. The molecule has 0 amide bonds. The Morgan fingerprint density at radius 3 is 1.92 bits per heavy atom. The molecule has 72 valence electrons. The first-order chi connectivity index (χ1) is 5.34. The van der Waals surface area contributed by atoms with Crippen LogP contribution in [0.4, 0.5) is 22.0 Å². The number of allylic oxidation sites excluding steroid dienone is 1. The van der Waals surface area contributed by atoms with Crippen molar-refractivity contribution >= 4 is 0 Å². The Bertz CT molecular complexity index is 154. The summed E-state index contributed by atoms with van der Waals surface area (Å²) < 4.78 is 61.3. The molecule has 12 heavy (non-hydrogen) atoms. The lowest BCUT2D eigenvalue weighted by Crippen LogP contribution is -2.43. The molecule has 0 aliphatic rings. The van der Waals surface area contributed by atoms with Crippen LogP contribution in [0.5, 0.6) is 0 Å². The molecular weight excluding hydrogens is 179 g/mol. The van der Waals surface area contributed by atoms with Crippen LogP contribution >= 0.6 is 0 Å². The second-order valence-electron chi connectivity index (χ2n) is 2.37. The maximum Gasteiger partial charge on any atom is 0.312 e. The highest BCUT2D eigenvalue weighted by Crippen LogP contribution is 2.31. The van der Waals surface area contributed by atoms with Crippen molar-refractivity contribution in [3.05, 3.63) is 12.7 Å². The summed E-state index contributed by atoms with van der Waals surface area (Å²) in [5, 5.41) is 0. The third-order valence-electron chi connectivity index (χ3n) is 1.40. The topological polar surface area (TPSA) is 0 Å². The standard InChI is InChI=1S/C7H9F5/c1-3-5(9)6(10)7(11,12)4(2)8/h3-6H,1H2,2H3. The highest BCUT2D eigenvalue weighted by Gasteiger charge is 2.49. The van der Waals surface area contributed by atoms with E-state index in [2.05, 4.69) is 6.58 Å². The third-order valence-corrected chi connectivity index (χ3v) is 1.40. The molecule has 5 heteroatoms. The van der Waals surface area contributed by atoms with Gasteiger partial charge in [-0.15, -0.1) is 6.58 Å². The lowest BCUT2D eigenvalue weighted by Gasteiger charge is -2.22. The molecule has 0 nitrogen and oxygen atoms in total. The summed E-state index contributed by atoms with van der Waals surface area (Å²) in [6.07, 6.45) is -8.06. The number of alkyl halides is 5. The van der Waals surface area contributed by atoms with Gasteiger partial charge in [0.2, 0.25) is 6.17 Å². The number of halogens is 5. The predicted molar refractivity (Wildman–Crippen MR) is 35.5 cm³/mol. The molecule has 0 aliphatic carbocycles. The summed E-state index contributed by atoms with van der Waals surface area (Å²) in [4.78, 5) is 0. The van der Waals surface area contributed by atoms with Gasteiger partial charge in [0.25, 0.3) is 0 Å². The van der Waals surface area contributed by atoms with Crippen molar-refractivity contribution in [1.29, 1.82) is 0 Å². The van der Waals surface area contributed by atoms with Gasteiger partial charge >= 0.3 is 5.92 Å². The van der Waals surface area contributed by atoms with Crippen LogP contribution in [0.1, 0.15) is 6.92 Å². The van der Waals surface area contributed by atoms with Crippen LogP contribution in [-0.4, -0.2) is 24.4 Å². The fourth-order valence-electron chi connectivity index (χ4n) is 0.551. The molecule has 0 aromatic rings. The number of rotatable bonds is 4. The Hall–Kier alpha value is -0.610.